The van der Waals surface area contributed by atoms with E-state index < -0.39 is 16.6 Å². The molecule has 1 aliphatic rings. The number of halogens is 2. The minimum Gasteiger partial charge on any atom is -0.377 e. The zero-order valence-corrected chi connectivity index (χ0v) is 14.0. The van der Waals surface area contributed by atoms with Gasteiger partial charge in [0, 0.05) is 22.1 Å². The Kier molecular flexibility index (Phi) is 4.48. The van der Waals surface area contributed by atoms with Crippen LogP contribution in [0.3, 0.4) is 0 Å². The van der Waals surface area contributed by atoms with Gasteiger partial charge in [-0.15, -0.1) is 0 Å². The Morgan fingerprint density at radius 2 is 1.92 bits per heavy atom. The van der Waals surface area contributed by atoms with Gasteiger partial charge >= 0.3 is 0 Å². The smallest absolute Gasteiger partial charge is 0.293 e. The molecule has 2 N–H and O–H groups in total. The largest absolute Gasteiger partial charge is 0.377 e. The van der Waals surface area contributed by atoms with E-state index in [2.05, 4.69) is 26.6 Å². The number of carbonyl (C=O) groups excluding carboxylic acids is 1. The summed E-state index contributed by atoms with van der Waals surface area (Å²) in [5.41, 5.74) is 0.302. The van der Waals surface area contributed by atoms with Gasteiger partial charge in [0.2, 0.25) is 0 Å². The monoisotopic (exact) mass is 393 g/mol. The fourth-order valence-electron chi connectivity index (χ4n) is 2.18. The van der Waals surface area contributed by atoms with E-state index in [-0.39, 0.29) is 23.0 Å². The van der Waals surface area contributed by atoms with Crippen molar-refractivity contribution in [1.29, 1.82) is 0 Å². The van der Waals surface area contributed by atoms with Gasteiger partial charge in [-0.2, -0.15) is 0 Å². The van der Waals surface area contributed by atoms with Crippen LogP contribution in [0.25, 0.3) is 0 Å². The van der Waals surface area contributed by atoms with Crippen molar-refractivity contribution in [3.05, 3.63) is 62.4 Å². The molecule has 6 nitrogen and oxygen atoms in total. The summed E-state index contributed by atoms with van der Waals surface area (Å²) in [4.78, 5) is 22.9. The molecule has 0 heterocycles. The van der Waals surface area contributed by atoms with Crippen LogP contribution in [0.15, 0.2) is 40.9 Å². The Morgan fingerprint density at radius 3 is 2.54 bits per heavy atom. The number of benzene rings is 2. The standard InChI is InChI=1S/C16H13BrFN3O3/c17-10-2-6-13(12(18)8-10)20-16(22)9-1-5-14(19-11-3-4-11)15(7-9)21(23)24/h1-2,5-8,11,19H,3-4H2,(H,20,22). The molecule has 2 aromatic rings. The Hall–Kier alpha value is -2.48. The van der Waals surface area contributed by atoms with Crippen molar-refractivity contribution in [2.45, 2.75) is 18.9 Å². The number of hydrogen-bond donors (Lipinski definition) is 2. The Morgan fingerprint density at radius 1 is 1.21 bits per heavy atom. The SMILES string of the molecule is O=C(Nc1ccc(Br)cc1F)c1ccc(NC2CC2)c([N+](=O)[O-])c1. The molecule has 1 amide bonds. The second-order valence-corrected chi connectivity index (χ2v) is 6.40. The second-order valence-electron chi connectivity index (χ2n) is 5.49. The Bertz CT molecular complexity index is 824. The lowest BCUT2D eigenvalue weighted by Crippen LogP contribution is -2.14. The summed E-state index contributed by atoms with van der Waals surface area (Å²) in [5.74, 6) is -1.21. The molecule has 0 atom stereocenters. The third-order valence-electron chi connectivity index (χ3n) is 3.57. The highest BCUT2D eigenvalue weighted by molar-refractivity contribution is 9.10. The average Bonchev–Trinajstić information content (AvgIpc) is 3.34. The Balaban J connectivity index is 1.83. The quantitative estimate of drug-likeness (QED) is 0.584. The molecule has 0 aliphatic heterocycles. The van der Waals surface area contributed by atoms with E-state index in [1.807, 2.05) is 0 Å². The maximum absolute atomic E-state index is 13.8. The molecule has 0 aromatic heterocycles. The van der Waals surface area contributed by atoms with Gasteiger partial charge in [-0.25, -0.2) is 4.39 Å². The van der Waals surface area contributed by atoms with Gasteiger partial charge in [0.05, 0.1) is 10.6 Å². The fourth-order valence-corrected chi connectivity index (χ4v) is 2.51. The van der Waals surface area contributed by atoms with Crippen molar-refractivity contribution >= 4 is 38.9 Å². The topological polar surface area (TPSA) is 84.3 Å². The van der Waals surface area contributed by atoms with Crippen LogP contribution in [0.2, 0.25) is 0 Å². The highest BCUT2D eigenvalue weighted by Gasteiger charge is 2.25. The third-order valence-corrected chi connectivity index (χ3v) is 4.07. The van der Waals surface area contributed by atoms with Crippen molar-refractivity contribution in [3.63, 3.8) is 0 Å². The number of nitrogens with one attached hydrogen (secondary N) is 2. The minimum absolute atomic E-state index is 0.00559. The first-order chi connectivity index (χ1) is 11.4. The number of carbonyl (C=O) groups is 1. The molecular weight excluding hydrogens is 381 g/mol. The predicted octanol–water partition coefficient (Wildman–Crippen LogP) is 4.32. The summed E-state index contributed by atoms with van der Waals surface area (Å²) in [6.45, 7) is 0. The molecule has 1 aliphatic carbocycles. The van der Waals surface area contributed by atoms with E-state index in [0.29, 0.717) is 10.2 Å². The van der Waals surface area contributed by atoms with Crippen molar-refractivity contribution in [2.24, 2.45) is 0 Å². The average molecular weight is 394 g/mol. The summed E-state index contributed by atoms with van der Waals surface area (Å²) in [5, 5.41) is 16.7. The maximum atomic E-state index is 13.8. The van der Waals surface area contributed by atoms with Gasteiger partial charge in [0.15, 0.2) is 0 Å². The molecule has 24 heavy (non-hydrogen) atoms. The van der Waals surface area contributed by atoms with Crippen LogP contribution in [-0.2, 0) is 0 Å². The van der Waals surface area contributed by atoms with Crippen LogP contribution in [0.5, 0.6) is 0 Å². The molecule has 2 aromatic carbocycles. The second kappa shape index (κ2) is 6.56. The summed E-state index contributed by atoms with van der Waals surface area (Å²) in [6.07, 6.45) is 1.95. The van der Waals surface area contributed by atoms with Crippen LogP contribution < -0.4 is 10.6 Å². The maximum Gasteiger partial charge on any atom is 0.293 e. The predicted molar refractivity (Wildman–Crippen MR) is 91.8 cm³/mol. The summed E-state index contributed by atoms with van der Waals surface area (Å²) < 4.78 is 14.3. The van der Waals surface area contributed by atoms with Gasteiger partial charge in [-0.1, -0.05) is 15.9 Å². The fraction of sp³-hybridized carbons (Fsp3) is 0.188. The highest BCUT2D eigenvalue weighted by Crippen LogP contribution is 2.31. The number of amides is 1. The lowest BCUT2D eigenvalue weighted by atomic mass is 10.1. The van der Waals surface area contributed by atoms with Gasteiger partial charge in [-0.05, 0) is 43.2 Å². The minimum atomic E-state index is -0.614. The molecule has 1 fully saturated rings. The number of nitro benzene ring substituents is 1. The number of hydrogen-bond acceptors (Lipinski definition) is 4. The highest BCUT2D eigenvalue weighted by atomic mass is 79.9. The molecular formula is C16H13BrFN3O3. The van der Waals surface area contributed by atoms with Gasteiger partial charge in [-0.3, -0.25) is 14.9 Å². The first kappa shape index (κ1) is 16.4. The van der Waals surface area contributed by atoms with E-state index in [4.69, 9.17) is 0 Å². The van der Waals surface area contributed by atoms with Crippen molar-refractivity contribution in [1.82, 2.24) is 0 Å². The molecule has 0 spiro atoms. The normalized spacial score (nSPS) is 13.4. The van der Waals surface area contributed by atoms with Gasteiger partial charge < -0.3 is 10.6 Å². The number of nitrogens with zero attached hydrogens (tertiary/aromatic N) is 1. The molecule has 8 heteroatoms. The van der Waals surface area contributed by atoms with Gasteiger partial charge in [0.1, 0.15) is 11.5 Å². The third kappa shape index (κ3) is 3.70. The van der Waals surface area contributed by atoms with Crippen LogP contribution >= 0.6 is 15.9 Å². The lowest BCUT2D eigenvalue weighted by Gasteiger charge is -2.09. The number of rotatable bonds is 5. The molecule has 0 saturated heterocycles. The lowest BCUT2D eigenvalue weighted by molar-refractivity contribution is -0.384. The molecule has 0 unspecified atom stereocenters. The summed E-state index contributed by atoms with van der Waals surface area (Å²) in [7, 11) is 0. The van der Waals surface area contributed by atoms with Crippen LogP contribution in [0, 0.1) is 15.9 Å². The van der Waals surface area contributed by atoms with Crippen LogP contribution in [-0.4, -0.2) is 16.9 Å². The van der Waals surface area contributed by atoms with Crippen molar-refractivity contribution in [3.8, 4) is 0 Å². The zero-order chi connectivity index (χ0) is 17.3. The number of nitro groups is 1. The molecule has 0 bridgehead atoms. The first-order valence-electron chi connectivity index (χ1n) is 7.25. The van der Waals surface area contributed by atoms with E-state index in [1.165, 1.54) is 30.3 Å². The summed E-state index contributed by atoms with van der Waals surface area (Å²) in [6, 6.07) is 8.64. The van der Waals surface area contributed by atoms with E-state index in [0.717, 1.165) is 12.8 Å². The van der Waals surface area contributed by atoms with Gasteiger partial charge in [0.25, 0.3) is 11.6 Å². The Labute approximate surface area is 145 Å². The van der Waals surface area contributed by atoms with E-state index in [1.54, 1.807) is 6.07 Å². The van der Waals surface area contributed by atoms with Crippen LogP contribution in [0.4, 0.5) is 21.5 Å². The van der Waals surface area contributed by atoms with Crippen molar-refractivity contribution in [2.75, 3.05) is 10.6 Å². The van der Waals surface area contributed by atoms with Crippen LogP contribution in [0.1, 0.15) is 23.2 Å². The number of anilines is 2. The molecule has 1 saturated carbocycles. The first-order valence-corrected chi connectivity index (χ1v) is 8.05. The molecule has 0 radical (unpaired) electrons. The van der Waals surface area contributed by atoms with Crippen molar-refractivity contribution < 1.29 is 14.1 Å². The molecule has 3 rings (SSSR count). The van der Waals surface area contributed by atoms with E-state index in [9.17, 15) is 19.3 Å². The van der Waals surface area contributed by atoms with E-state index >= 15 is 0 Å². The molecule has 124 valence electrons. The zero-order valence-electron chi connectivity index (χ0n) is 12.4. The summed E-state index contributed by atoms with van der Waals surface area (Å²) >= 11 is 3.13.